The minimum Gasteiger partial charge on any atom is -0.379 e. The maximum Gasteiger partial charge on any atom is 0.325 e. The Morgan fingerprint density at radius 3 is 2.93 bits per heavy atom. The first-order valence-electron chi connectivity index (χ1n) is 8.90. The first-order chi connectivity index (χ1) is 13.1. The van der Waals surface area contributed by atoms with Crippen LogP contribution >= 0.6 is 0 Å². The maximum absolute atomic E-state index is 12.3. The van der Waals surface area contributed by atoms with Gasteiger partial charge < -0.3 is 15.4 Å². The highest BCUT2D eigenvalue weighted by molar-refractivity contribution is 6.04. The van der Waals surface area contributed by atoms with Gasteiger partial charge in [-0.15, -0.1) is 0 Å². The summed E-state index contributed by atoms with van der Waals surface area (Å²) in [5.41, 5.74) is 2.09. The van der Waals surface area contributed by atoms with Crippen molar-refractivity contribution < 1.29 is 19.1 Å². The van der Waals surface area contributed by atoms with Crippen molar-refractivity contribution in [3.8, 4) is 0 Å². The first kappa shape index (κ1) is 17.4. The van der Waals surface area contributed by atoms with Crippen molar-refractivity contribution in [2.75, 3.05) is 26.3 Å². The van der Waals surface area contributed by atoms with Crippen LogP contribution in [0.5, 0.6) is 0 Å². The number of urea groups is 1. The smallest absolute Gasteiger partial charge is 0.325 e. The highest BCUT2D eigenvalue weighted by Gasteiger charge is 2.33. The van der Waals surface area contributed by atoms with Crippen molar-refractivity contribution in [3.63, 3.8) is 0 Å². The van der Waals surface area contributed by atoms with Crippen LogP contribution in [0.25, 0.3) is 10.9 Å². The summed E-state index contributed by atoms with van der Waals surface area (Å²) in [5, 5.41) is 6.41. The van der Waals surface area contributed by atoms with E-state index in [1.54, 1.807) is 6.20 Å². The summed E-state index contributed by atoms with van der Waals surface area (Å²) in [6.07, 6.45) is 2.54. The van der Waals surface area contributed by atoms with Crippen LogP contribution in [0.15, 0.2) is 36.5 Å². The Hall–Kier alpha value is -3.00. The molecule has 2 aromatic rings. The zero-order valence-corrected chi connectivity index (χ0v) is 14.7. The Morgan fingerprint density at radius 1 is 1.26 bits per heavy atom. The Balaban J connectivity index is 1.42. The molecule has 0 spiro atoms. The van der Waals surface area contributed by atoms with E-state index in [1.807, 2.05) is 30.3 Å². The van der Waals surface area contributed by atoms with E-state index in [-0.39, 0.29) is 31.0 Å². The number of rotatable bonds is 5. The fraction of sp³-hybridized carbons (Fsp3) is 0.368. The zero-order chi connectivity index (χ0) is 18.8. The highest BCUT2D eigenvalue weighted by atomic mass is 16.5. The molecule has 2 N–H and O–H groups in total. The number of amides is 4. The van der Waals surface area contributed by atoms with Crippen LogP contribution in [0.3, 0.4) is 0 Å². The number of ether oxygens (including phenoxy) is 1. The van der Waals surface area contributed by atoms with Gasteiger partial charge in [-0.05, 0) is 24.1 Å². The van der Waals surface area contributed by atoms with Gasteiger partial charge in [0.25, 0.3) is 5.91 Å². The van der Waals surface area contributed by atoms with Gasteiger partial charge in [0.15, 0.2) is 0 Å². The highest BCUT2D eigenvalue weighted by Crippen LogP contribution is 2.24. The quantitative estimate of drug-likeness (QED) is 0.747. The third-order valence-electron chi connectivity index (χ3n) is 5.00. The average molecular weight is 368 g/mol. The molecule has 2 fully saturated rings. The number of hydrogen-bond acceptors (Lipinski definition) is 5. The molecule has 4 rings (SSSR count). The average Bonchev–Trinajstić information content (AvgIpc) is 3.23. The molecule has 0 aliphatic carbocycles. The molecule has 1 aromatic heterocycles. The Labute approximate surface area is 155 Å². The van der Waals surface area contributed by atoms with Crippen molar-refractivity contribution in [1.29, 1.82) is 0 Å². The molecular weight excluding hydrogens is 348 g/mol. The number of pyridine rings is 1. The largest absolute Gasteiger partial charge is 0.379 e. The second-order valence-corrected chi connectivity index (χ2v) is 6.80. The SMILES string of the molecule is O=C(CN1C(=O)CNC1=O)N[C@@H]1COC[C@H]1Cc1ccnc2ccccc12. The molecular formula is C19H20N4O4. The lowest BCUT2D eigenvalue weighted by Crippen LogP contribution is -2.47. The van der Waals surface area contributed by atoms with Crippen molar-refractivity contribution in [1.82, 2.24) is 20.5 Å². The fourth-order valence-electron chi connectivity index (χ4n) is 3.59. The van der Waals surface area contributed by atoms with Crippen LogP contribution < -0.4 is 10.6 Å². The molecule has 8 nitrogen and oxygen atoms in total. The van der Waals surface area contributed by atoms with Crippen molar-refractivity contribution >= 4 is 28.7 Å². The number of benzene rings is 1. The Bertz CT molecular complexity index is 879. The minimum atomic E-state index is -0.530. The number of imide groups is 1. The Morgan fingerprint density at radius 2 is 2.11 bits per heavy atom. The zero-order valence-electron chi connectivity index (χ0n) is 14.7. The van der Waals surface area contributed by atoms with Crippen LogP contribution in [0, 0.1) is 5.92 Å². The van der Waals surface area contributed by atoms with Crippen molar-refractivity contribution in [3.05, 3.63) is 42.1 Å². The van der Waals surface area contributed by atoms with Gasteiger partial charge in [0, 0.05) is 17.5 Å². The lowest BCUT2D eigenvalue weighted by Gasteiger charge is -2.21. The summed E-state index contributed by atoms with van der Waals surface area (Å²) in [6, 6.07) is 9.25. The number of carbonyl (C=O) groups excluding carboxylic acids is 3. The third-order valence-corrected chi connectivity index (χ3v) is 5.00. The third kappa shape index (κ3) is 3.61. The maximum atomic E-state index is 12.3. The molecule has 8 heteroatoms. The topological polar surface area (TPSA) is 101 Å². The van der Waals surface area contributed by atoms with Crippen LogP contribution in [-0.2, 0) is 20.7 Å². The normalized spacial score (nSPS) is 22.3. The van der Waals surface area contributed by atoms with Gasteiger partial charge in [-0.25, -0.2) is 4.79 Å². The van der Waals surface area contributed by atoms with Crippen molar-refractivity contribution in [2.24, 2.45) is 5.92 Å². The van der Waals surface area contributed by atoms with E-state index < -0.39 is 11.9 Å². The number of aromatic nitrogens is 1. The van der Waals surface area contributed by atoms with Gasteiger partial charge in [-0.3, -0.25) is 19.5 Å². The van der Waals surface area contributed by atoms with Gasteiger partial charge in [-0.1, -0.05) is 18.2 Å². The molecule has 2 saturated heterocycles. The molecule has 0 unspecified atom stereocenters. The van der Waals surface area contributed by atoms with E-state index in [0.717, 1.165) is 27.8 Å². The monoisotopic (exact) mass is 368 g/mol. The number of nitrogens with zero attached hydrogens (tertiary/aromatic N) is 2. The summed E-state index contributed by atoms with van der Waals surface area (Å²) in [5.74, 6) is -0.638. The molecule has 0 saturated carbocycles. The lowest BCUT2D eigenvalue weighted by molar-refractivity contribution is -0.131. The van der Waals surface area contributed by atoms with Crippen LogP contribution in [0.4, 0.5) is 4.79 Å². The summed E-state index contributed by atoms with van der Waals surface area (Å²) in [6.45, 7) is 0.632. The van der Waals surface area contributed by atoms with Crippen molar-refractivity contribution in [2.45, 2.75) is 12.5 Å². The summed E-state index contributed by atoms with van der Waals surface area (Å²) in [7, 11) is 0. The second kappa shape index (κ2) is 7.32. The second-order valence-electron chi connectivity index (χ2n) is 6.80. The van der Waals surface area contributed by atoms with Gasteiger partial charge >= 0.3 is 6.03 Å². The Kier molecular flexibility index (Phi) is 4.72. The number of para-hydroxylation sites is 1. The predicted octanol–water partition coefficient (Wildman–Crippen LogP) is 0.460. The first-order valence-corrected chi connectivity index (χ1v) is 8.90. The van der Waals surface area contributed by atoms with E-state index in [1.165, 1.54) is 0 Å². The van der Waals surface area contributed by atoms with Gasteiger partial charge in [0.2, 0.25) is 5.91 Å². The van der Waals surface area contributed by atoms with E-state index in [2.05, 4.69) is 15.6 Å². The summed E-state index contributed by atoms with van der Waals surface area (Å²) in [4.78, 5) is 40.8. The minimum absolute atomic E-state index is 0.0591. The number of carbonyl (C=O) groups is 3. The van der Waals surface area contributed by atoms with Crippen LogP contribution in [0.1, 0.15) is 5.56 Å². The summed E-state index contributed by atoms with van der Waals surface area (Å²) < 4.78 is 5.58. The standard InChI is InChI=1S/C19H20N4O4/c24-17(9-23-18(25)8-21-19(23)26)22-16-11-27-10-13(16)7-12-5-6-20-15-4-2-1-3-14(12)15/h1-6,13,16H,7-11H2,(H,21,26)(H,22,24)/t13-,16-/m1/s1. The number of nitrogens with one attached hydrogen (secondary N) is 2. The fourth-order valence-corrected chi connectivity index (χ4v) is 3.59. The van der Waals surface area contributed by atoms with Crippen LogP contribution in [-0.4, -0.2) is 60.1 Å². The van der Waals surface area contributed by atoms with Gasteiger partial charge in [-0.2, -0.15) is 0 Å². The molecule has 2 aliphatic heterocycles. The number of fused-ring (bicyclic) bond motifs is 1. The molecule has 0 bridgehead atoms. The molecule has 2 aliphatic rings. The van der Waals surface area contributed by atoms with E-state index in [0.29, 0.717) is 13.2 Å². The van der Waals surface area contributed by atoms with E-state index in [9.17, 15) is 14.4 Å². The molecule has 4 amide bonds. The molecule has 2 atom stereocenters. The van der Waals surface area contributed by atoms with Gasteiger partial charge in [0.1, 0.15) is 6.54 Å². The molecule has 140 valence electrons. The molecule has 3 heterocycles. The van der Waals surface area contributed by atoms with E-state index >= 15 is 0 Å². The molecule has 0 radical (unpaired) electrons. The lowest BCUT2D eigenvalue weighted by atomic mass is 9.93. The summed E-state index contributed by atoms with van der Waals surface area (Å²) >= 11 is 0. The van der Waals surface area contributed by atoms with Crippen LogP contribution in [0.2, 0.25) is 0 Å². The van der Waals surface area contributed by atoms with Gasteiger partial charge in [0.05, 0.1) is 31.3 Å². The molecule has 1 aromatic carbocycles. The number of hydrogen-bond donors (Lipinski definition) is 2. The predicted molar refractivity (Wildman–Crippen MR) is 96.8 cm³/mol. The van der Waals surface area contributed by atoms with E-state index in [4.69, 9.17) is 4.74 Å². The molecule has 27 heavy (non-hydrogen) atoms.